The Kier molecular flexibility index (Phi) is 13.8. The molecular formula is C32H46O21. The van der Waals surface area contributed by atoms with Crippen LogP contribution in [0.4, 0.5) is 0 Å². The molecule has 21 nitrogen and oxygen atoms in total. The third-order valence-corrected chi connectivity index (χ3v) is 8.07. The summed E-state index contributed by atoms with van der Waals surface area (Å²) >= 11 is 0. The standard InChI is InChI=1S/C32H46O21/c1-13(2)31(50-51-31)48-23-21(11-39-15(5)33)45-29(27(43-19(9)37)25(23)41-17(7)35)47-30-28(44-20(10)38)26(42-18(8)36)24(22(46-30)12-40-16(6)34)49-32(14(3)4)52-53-32/h13-14,21-30H,11-12H2,1-10H3/t21-,22-,23-,24-,25+,26+,27-,28-,29-,30-/m1/s1. The molecular weight excluding hydrogens is 720 g/mol. The molecule has 0 aromatic rings. The van der Waals surface area contributed by atoms with Gasteiger partial charge < -0.3 is 52.1 Å². The number of hydrogen-bond donors (Lipinski definition) is 0. The van der Waals surface area contributed by atoms with Crippen LogP contribution in [0.3, 0.4) is 0 Å². The quantitative estimate of drug-likeness (QED) is 0.0903. The molecule has 4 saturated heterocycles. The SMILES string of the molecule is CC(=O)OC[C@H]1O[C@H](O[C@H]2O[C@H](COC(C)=O)[C@@H](OC3(C(C)C)OO3)[C@H](OC(C)=O)[C@H]2OC(C)=O)[C@H](OC(C)=O)[C@@H](OC(C)=O)[C@@H]1OC1(C(C)C)OO1. The van der Waals surface area contributed by atoms with E-state index in [1.54, 1.807) is 27.7 Å². The minimum absolute atomic E-state index is 0.431. The van der Waals surface area contributed by atoms with E-state index >= 15 is 0 Å². The van der Waals surface area contributed by atoms with Crippen molar-refractivity contribution in [3.8, 4) is 0 Å². The summed E-state index contributed by atoms with van der Waals surface area (Å²) in [6.07, 6.45) is -15.5. The van der Waals surface area contributed by atoms with Crippen molar-refractivity contribution in [2.75, 3.05) is 13.2 Å². The predicted molar refractivity (Wildman–Crippen MR) is 163 cm³/mol. The van der Waals surface area contributed by atoms with Gasteiger partial charge in [-0.05, 0) is 0 Å². The van der Waals surface area contributed by atoms with Gasteiger partial charge in [-0.3, -0.25) is 28.8 Å². The molecule has 10 atom stereocenters. The highest BCUT2D eigenvalue weighted by molar-refractivity contribution is 5.68. The fraction of sp³-hybridized carbons (Fsp3) is 0.812. The van der Waals surface area contributed by atoms with E-state index in [0.29, 0.717) is 0 Å². The van der Waals surface area contributed by atoms with Crippen LogP contribution in [0.2, 0.25) is 0 Å². The van der Waals surface area contributed by atoms with Crippen LogP contribution in [0.1, 0.15) is 69.2 Å². The molecule has 0 aliphatic carbocycles. The molecule has 0 bridgehead atoms. The molecule has 0 amide bonds. The first-order valence-corrected chi connectivity index (χ1v) is 16.8. The minimum atomic E-state index is -1.79. The fourth-order valence-corrected chi connectivity index (χ4v) is 5.54. The Bertz CT molecular complexity index is 1260. The van der Waals surface area contributed by atoms with Crippen molar-refractivity contribution in [2.45, 2.75) is 143 Å². The second kappa shape index (κ2) is 17.3. The molecule has 4 heterocycles. The normalized spacial score (nSPS) is 32.6. The maximum atomic E-state index is 12.5. The zero-order valence-electron chi connectivity index (χ0n) is 30.9. The average Bonchev–Trinajstić information content (AvgIpc) is 3.97. The molecule has 0 radical (unpaired) electrons. The Morgan fingerprint density at radius 2 is 0.774 bits per heavy atom. The number of carbonyl (C=O) groups is 6. The van der Waals surface area contributed by atoms with Gasteiger partial charge in [-0.1, -0.05) is 27.7 Å². The molecule has 0 spiro atoms. The Labute approximate surface area is 304 Å². The zero-order chi connectivity index (χ0) is 39.4. The van der Waals surface area contributed by atoms with E-state index in [9.17, 15) is 28.8 Å². The molecule has 0 aromatic carbocycles. The summed E-state index contributed by atoms with van der Waals surface area (Å²) in [5, 5.41) is 0. The lowest BCUT2D eigenvalue weighted by atomic mass is 9.96. The number of carbonyl (C=O) groups excluding carboxylic acids is 6. The van der Waals surface area contributed by atoms with Gasteiger partial charge in [-0.15, -0.1) is 0 Å². The summed E-state index contributed by atoms with van der Waals surface area (Å²) < 4.78 is 63.7. The highest BCUT2D eigenvalue weighted by atomic mass is 17.5. The van der Waals surface area contributed by atoms with Crippen LogP contribution in [0, 0.1) is 11.8 Å². The van der Waals surface area contributed by atoms with Gasteiger partial charge >= 0.3 is 47.8 Å². The topological polar surface area (TPSA) is 254 Å². The lowest BCUT2D eigenvalue weighted by molar-refractivity contribution is -0.389. The Balaban J connectivity index is 1.79. The van der Waals surface area contributed by atoms with E-state index in [-0.39, 0.29) is 0 Å². The van der Waals surface area contributed by atoms with Crippen molar-refractivity contribution in [3.05, 3.63) is 0 Å². The summed E-state index contributed by atoms with van der Waals surface area (Å²) in [4.78, 5) is 94.4. The second-order valence-corrected chi connectivity index (χ2v) is 13.1. The third kappa shape index (κ3) is 10.8. The van der Waals surface area contributed by atoms with Crippen LogP contribution in [0.15, 0.2) is 0 Å². The maximum absolute atomic E-state index is 12.5. The molecule has 4 aliphatic heterocycles. The number of ether oxygens (including phenoxy) is 11. The van der Waals surface area contributed by atoms with Crippen LogP contribution in [0.25, 0.3) is 0 Å². The van der Waals surface area contributed by atoms with Gasteiger partial charge in [0.1, 0.15) is 37.6 Å². The highest BCUT2D eigenvalue weighted by Gasteiger charge is 2.64. The van der Waals surface area contributed by atoms with Crippen LogP contribution in [-0.4, -0.2) is 122 Å². The Hall–Kier alpha value is -3.54. The smallest absolute Gasteiger partial charge is 0.342 e. The maximum Gasteiger partial charge on any atom is 0.342 e. The van der Waals surface area contributed by atoms with Crippen molar-refractivity contribution >= 4 is 35.8 Å². The lowest BCUT2D eigenvalue weighted by Crippen LogP contribution is -2.67. The Morgan fingerprint density at radius 3 is 1.02 bits per heavy atom. The van der Waals surface area contributed by atoms with Gasteiger partial charge in [0.25, 0.3) is 0 Å². The van der Waals surface area contributed by atoms with Crippen molar-refractivity contribution in [1.82, 2.24) is 0 Å². The van der Waals surface area contributed by atoms with Crippen molar-refractivity contribution in [1.29, 1.82) is 0 Å². The van der Waals surface area contributed by atoms with Gasteiger partial charge in [0.15, 0.2) is 24.4 Å². The molecule has 0 aromatic heterocycles. The second-order valence-electron chi connectivity index (χ2n) is 13.1. The average molecular weight is 767 g/mol. The Morgan fingerprint density at radius 1 is 0.472 bits per heavy atom. The summed E-state index contributed by atoms with van der Waals surface area (Å²) in [5.74, 6) is -9.05. The summed E-state index contributed by atoms with van der Waals surface area (Å²) in [5.41, 5.74) is 0. The highest BCUT2D eigenvalue weighted by Crippen LogP contribution is 2.45. The largest absolute Gasteiger partial charge is 0.463 e. The van der Waals surface area contributed by atoms with Gasteiger partial charge in [-0.25, -0.2) is 0 Å². The number of rotatable bonds is 16. The first kappa shape index (κ1) is 42.2. The van der Waals surface area contributed by atoms with E-state index in [1.807, 2.05) is 0 Å². The van der Waals surface area contributed by atoms with E-state index in [4.69, 9.17) is 71.7 Å². The summed E-state index contributed by atoms with van der Waals surface area (Å²) in [6, 6.07) is 0. The summed E-state index contributed by atoms with van der Waals surface area (Å²) in [7, 11) is 0. The molecule has 4 rings (SSSR count). The molecule has 53 heavy (non-hydrogen) atoms. The lowest BCUT2D eigenvalue weighted by Gasteiger charge is -2.48. The molecule has 4 aliphatic rings. The molecule has 21 heteroatoms. The molecule has 300 valence electrons. The molecule has 0 saturated carbocycles. The predicted octanol–water partition coefficient (Wildman–Crippen LogP) is 0.619. The minimum Gasteiger partial charge on any atom is -0.463 e. The zero-order valence-corrected chi connectivity index (χ0v) is 30.9. The number of esters is 6. The van der Waals surface area contributed by atoms with Crippen molar-refractivity contribution in [3.63, 3.8) is 0 Å². The van der Waals surface area contributed by atoms with Gasteiger partial charge in [0.05, 0.1) is 0 Å². The number of hydrogen-bond acceptors (Lipinski definition) is 21. The van der Waals surface area contributed by atoms with Crippen molar-refractivity contribution in [2.24, 2.45) is 11.8 Å². The van der Waals surface area contributed by atoms with E-state index in [1.165, 1.54) is 0 Å². The summed E-state index contributed by atoms with van der Waals surface area (Å²) in [6.45, 7) is 12.3. The van der Waals surface area contributed by atoms with E-state index < -0.39 is 134 Å². The van der Waals surface area contributed by atoms with E-state index in [2.05, 4.69) is 0 Å². The van der Waals surface area contributed by atoms with Crippen LogP contribution < -0.4 is 0 Å². The van der Waals surface area contributed by atoms with Crippen molar-refractivity contribution < 1.29 is 100 Å². The van der Waals surface area contributed by atoms with Crippen LogP contribution >= 0.6 is 0 Å². The first-order chi connectivity index (χ1) is 24.8. The monoisotopic (exact) mass is 766 g/mol. The molecule has 0 N–H and O–H groups in total. The third-order valence-electron chi connectivity index (χ3n) is 8.07. The van der Waals surface area contributed by atoms with Gasteiger partial charge in [0, 0.05) is 53.4 Å². The van der Waals surface area contributed by atoms with Gasteiger partial charge in [-0.2, -0.15) is 19.6 Å². The fourth-order valence-electron chi connectivity index (χ4n) is 5.54. The van der Waals surface area contributed by atoms with E-state index in [0.717, 1.165) is 41.5 Å². The van der Waals surface area contributed by atoms with Crippen LogP contribution in [-0.2, 0) is 100 Å². The molecule has 4 fully saturated rings. The van der Waals surface area contributed by atoms with Crippen LogP contribution in [0.5, 0.6) is 0 Å². The first-order valence-electron chi connectivity index (χ1n) is 16.8. The van der Waals surface area contributed by atoms with Gasteiger partial charge in [0.2, 0.25) is 12.6 Å². The molecule has 0 unspecified atom stereocenters.